The van der Waals surface area contributed by atoms with Gasteiger partial charge in [-0.05, 0) is 18.6 Å². The van der Waals surface area contributed by atoms with Gasteiger partial charge in [0, 0.05) is 5.38 Å². The second kappa shape index (κ2) is 7.13. The third-order valence-corrected chi connectivity index (χ3v) is 3.89. The number of methoxy groups -OCH3 is 3. The summed E-state index contributed by atoms with van der Waals surface area (Å²) >= 11 is 1.39. The average molecular weight is 322 g/mol. The van der Waals surface area contributed by atoms with Crippen LogP contribution in [-0.2, 0) is 6.42 Å². The highest BCUT2D eigenvalue weighted by molar-refractivity contribution is 7.14. The zero-order valence-corrected chi connectivity index (χ0v) is 13.7. The first kappa shape index (κ1) is 16.1. The Bertz CT molecular complexity index is 670. The number of carbonyl (C=O) groups excluding carboxylic acids is 1. The summed E-state index contributed by atoms with van der Waals surface area (Å²) in [6.07, 6.45) is 0.825. The average Bonchev–Trinajstić information content (AvgIpc) is 3.00. The minimum absolute atomic E-state index is 0.310. The summed E-state index contributed by atoms with van der Waals surface area (Å²) in [4.78, 5) is 16.8. The normalized spacial score (nSPS) is 10.2. The molecule has 0 aliphatic heterocycles. The third kappa shape index (κ3) is 3.14. The number of amides is 1. The zero-order valence-electron chi connectivity index (χ0n) is 12.9. The van der Waals surface area contributed by atoms with Crippen molar-refractivity contribution in [3.63, 3.8) is 0 Å². The maximum atomic E-state index is 12.4. The maximum absolute atomic E-state index is 12.4. The van der Waals surface area contributed by atoms with Gasteiger partial charge in [0.1, 0.15) is 0 Å². The number of hydrogen-bond acceptors (Lipinski definition) is 6. The Morgan fingerprint density at radius 2 is 1.91 bits per heavy atom. The van der Waals surface area contributed by atoms with Gasteiger partial charge in [-0.15, -0.1) is 11.3 Å². The molecule has 0 atom stereocenters. The maximum Gasteiger partial charge on any atom is 0.261 e. The molecule has 1 N–H and O–H groups in total. The van der Waals surface area contributed by atoms with Crippen LogP contribution in [0.2, 0.25) is 0 Å². The van der Waals surface area contributed by atoms with Gasteiger partial charge in [0.05, 0.1) is 32.6 Å². The van der Waals surface area contributed by atoms with Crippen molar-refractivity contribution in [3.8, 4) is 17.2 Å². The molecule has 0 radical (unpaired) electrons. The van der Waals surface area contributed by atoms with Gasteiger partial charge in [-0.25, -0.2) is 4.98 Å². The van der Waals surface area contributed by atoms with Crippen molar-refractivity contribution in [1.82, 2.24) is 4.98 Å². The van der Waals surface area contributed by atoms with E-state index in [1.807, 2.05) is 12.3 Å². The van der Waals surface area contributed by atoms with E-state index in [1.54, 1.807) is 12.1 Å². The van der Waals surface area contributed by atoms with Crippen LogP contribution in [0.15, 0.2) is 17.5 Å². The quantitative estimate of drug-likeness (QED) is 0.885. The van der Waals surface area contributed by atoms with E-state index in [2.05, 4.69) is 10.3 Å². The molecule has 7 heteroatoms. The van der Waals surface area contributed by atoms with E-state index >= 15 is 0 Å². The first-order valence-electron chi connectivity index (χ1n) is 6.69. The Morgan fingerprint density at radius 1 is 1.18 bits per heavy atom. The molecule has 0 bridgehead atoms. The molecule has 6 nitrogen and oxygen atoms in total. The number of aromatic nitrogens is 1. The Hall–Kier alpha value is -2.28. The summed E-state index contributed by atoms with van der Waals surface area (Å²) in [5, 5.41) is 5.24. The second-order valence-corrected chi connectivity index (χ2v) is 5.19. The minimum Gasteiger partial charge on any atom is -0.493 e. The minimum atomic E-state index is -0.310. The van der Waals surface area contributed by atoms with Crippen molar-refractivity contribution in [2.75, 3.05) is 26.6 Å². The number of rotatable bonds is 6. The van der Waals surface area contributed by atoms with E-state index in [-0.39, 0.29) is 5.91 Å². The lowest BCUT2D eigenvalue weighted by molar-refractivity contribution is 0.102. The highest BCUT2D eigenvalue weighted by Gasteiger charge is 2.21. The predicted octanol–water partition coefficient (Wildman–Crippen LogP) is 2.98. The number of carbonyl (C=O) groups is 1. The van der Waals surface area contributed by atoms with Gasteiger partial charge in [0.15, 0.2) is 16.6 Å². The standard InChI is InChI=1S/C15H18N2O4S/c1-5-9-8-22-15(16-9)17-14(18)10-6-7-11(19-2)13(21-4)12(10)20-3/h6-8H,5H2,1-4H3,(H,16,17,18). The first-order valence-corrected chi connectivity index (χ1v) is 7.57. The number of hydrogen-bond donors (Lipinski definition) is 1. The van der Waals surface area contributed by atoms with Crippen molar-refractivity contribution in [2.45, 2.75) is 13.3 Å². The van der Waals surface area contributed by atoms with E-state index < -0.39 is 0 Å². The van der Waals surface area contributed by atoms with Gasteiger partial charge in [-0.2, -0.15) is 0 Å². The third-order valence-electron chi connectivity index (χ3n) is 3.08. The topological polar surface area (TPSA) is 69.7 Å². The lowest BCUT2D eigenvalue weighted by Crippen LogP contribution is -2.14. The van der Waals surface area contributed by atoms with Crippen molar-refractivity contribution in [3.05, 3.63) is 28.8 Å². The predicted molar refractivity (Wildman–Crippen MR) is 85.5 cm³/mol. The number of thiazole rings is 1. The summed E-state index contributed by atoms with van der Waals surface area (Å²) in [5.41, 5.74) is 1.30. The molecule has 1 heterocycles. The molecular weight excluding hydrogens is 304 g/mol. The van der Waals surface area contributed by atoms with E-state index in [1.165, 1.54) is 32.7 Å². The van der Waals surface area contributed by atoms with Crippen LogP contribution in [0.1, 0.15) is 23.0 Å². The van der Waals surface area contributed by atoms with Gasteiger partial charge >= 0.3 is 0 Å². The van der Waals surface area contributed by atoms with Gasteiger partial charge in [0.2, 0.25) is 5.75 Å². The number of ether oxygens (including phenoxy) is 3. The van der Waals surface area contributed by atoms with Crippen molar-refractivity contribution >= 4 is 22.4 Å². The molecule has 0 unspecified atom stereocenters. The van der Waals surface area contributed by atoms with E-state index in [9.17, 15) is 4.79 Å². The number of nitrogens with zero attached hydrogens (tertiary/aromatic N) is 1. The van der Waals surface area contributed by atoms with Crippen LogP contribution in [0.4, 0.5) is 5.13 Å². The molecular formula is C15H18N2O4S. The monoisotopic (exact) mass is 322 g/mol. The smallest absolute Gasteiger partial charge is 0.261 e. The van der Waals surface area contributed by atoms with E-state index in [4.69, 9.17) is 14.2 Å². The molecule has 2 rings (SSSR count). The SMILES string of the molecule is CCc1csc(NC(=O)c2ccc(OC)c(OC)c2OC)n1. The van der Waals surface area contributed by atoms with Gasteiger partial charge in [0.25, 0.3) is 5.91 Å². The molecule has 0 aliphatic carbocycles. The van der Waals surface area contributed by atoms with Crippen LogP contribution in [0.25, 0.3) is 0 Å². The van der Waals surface area contributed by atoms with Crippen LogP contribution < -0.4 is 19.5 Å². The summed E-state index contributed by atoms with van der Waals surface area (Å²) < 4.78 is 15.8. The Balaban J connectivity index is 2.32. The van der Waals surface area contributed by atoms with Crippen LogP contribution in [-0.4, -0.2) is 32.2 Å². The number of nitrogens with one attached hydrogen (secondary N) is 1. The van der Waals surface area contributed by atoms with Gasteiger partial charge < -0.3 is 14.2 Å². The fourth-order valence-electron chi connectivity index (χ4n) is 1.97. The molecule has 1 amide bonds. The molecule has 0 fully saturated rings. The van der Waals surface area contributed by atoms with Crippen LogP contribution in [0, 0.1) is 0 Å². The molecule has 0 spiro atoms. The zero-order chi connectivity index (χ0) is 16.1. The summed E-state index contributed by atoms with van der Waals surface area (Å²) in [6.45, 7) is 2.01. The highest BCUT2D eigenvalue weighted by Crippen LogP contribution is 2.40. The Kier molecular flexibility index (Phi) is 5.21. The number of aryl methyl sites for hydroxylation is 1. The summed E-state index contributed by atoms with van der Waals surface area (Å²) in [7, 11) is 4.50. The highest BCUT2D eigenvalue weighted by atomic mass is 32.1. The molecule has 0 saturated carbocycles. The van der Waals surface area contributed by atoms with E-state index in [0.717, 1.165) is 12.1 Å². The molecule has 1 aromatic carbocycles. The Morgan fingerprint density at radius 3 is 2.45 bits per heavy atom. The summed E-state index contributed by atoms with van der Waals surface area (Å²) in [5.74, 6) is 0.894. The largest absolute Gasteiger partial charge is 0.493 e. The fraction of sp³-hybridized carbons (Fsp3) is 0.333. The number of benzene rings is 1. The summed E-state index contributed by atoms with van der Waals surface area (Å²) in [6, 6.07) is 3.29. The van der Waals surface area contributed by atoms with Crippen LogP contribution in [0.3, 0.4) is 0 Å². The van der Waals surface area contributed by atoms with Gasteiger partial charge in [-0.3, -0.25) is 10.1 Å². The lowest BCUT2D eigenvalue weighted by atomic mass is 10.1. The molecule has 22 heavy (non-hydrogen) atoms. The number of anilines is 1. The molecule has 0 aliphatic rings. The van der Waals surface area contributed by atoms with Crippen molar-refractivity contribution < 1.29 is 19.0 Å². The van der Waals surface area contributed by atoms with Crippen LogP contribution in [0.5, 0.6) is 17.2 Å². The Labute approximate surface area is 133 Å². The van der Waals surface area contributed by atoms with Gasteiger partial charge in [-0.1, -0.05) is 6.92 Å². The molecule has 0 saturated heterocycles. The first-order chi connectivity index (χ1) is 10.6. The second-order valence-electron chi connectivity index (χ2n) is 4.33. The fourth-order valence-corrected chi connectivity index (χ4v) is 2.76. The van der Waals surface area contributed by atoms with Crippen molar-refractivity contribution in [2.24, 2.45) is 0 Å². The lowest BCUT2D eigenvalue weighted by Gasteiger charge is -2.15. The van der Waals surface area contributed by atoms with E-state index in [0.29, 0.717) is 27.9 Å². The van der Waals surface area contributed by atoms with Crippen LogP contribution >= 0.6 is 11.3 Å². The van der Waals surface area contributed by atoms with Crippen molar-refractivity contribution in [1.29, 1.82) is 0 Å². The molecule has 2 aromatic rings. The molecule has 1 aromatic heterocycles. The molecule has 118 valence electrons.